The second kappa shape index (κ2) is 7.99. The third kappa shape index (κ3) is 4.44. The molecular weight excluding hydrogens is 254 g/mol. The lowest BCUT2D eigenvalue weighted by Gasteiger charge is -2.33. The molecule has 0 unspecified atom stereocenters. The van der Waals surface area contributed by atoms with Gasteiger partial charge in [-0.05, 0) is 62.4 Å². The van der Waals surface area contributed by atoms with Crippen LogP contribution in [0.2, 0.25) is 0 Å². The second-order valence-corrected chi connectivity index (χ2v) is 5.87. The summed E-state index contributed by atoms with van der Waals surface area (Å²) in [6.07, 6.45) is 8.82. The number of likely N-dealkylation sites (tertiary alicyclic amines) is 1. The number of nitrogens with zero attached hydrogens (tertiary/aromatic N) is 1. The van der Waals surface area contributed by atoms with Gasteiger partial charge in [-0.25, -0.2) is 0 Å². The van der Waals surface area contributed by atoms with Gasteiger partial charge in [0.2, 0.25) is 0 Å². The highest BCUT2D eigenvalue weighted by Gasteiger charge is 2.22. The van der Waals surface area contributed by atoms with Crippen LogP contribution in [0.5, 0.6) is 0 Å². The molecular formula is C20H27N. The van der Waals surface area contributed by atoms with Gasteiger partial charge >= 0.3 is 0 Å². The maximum atomic E-state index is 3.81. The molecule has 1 aliphatic heterocycles. The van der Waals surface area contributed by atoms with Crippen molar-refractivity contribution in [2.24, 2.45) is 5.92 Å². The first-order valence-corrected chi connectivity index (χ1v) is 7.96. The van der Waals surface area contributed by atoms with Crippen LogP contribution in [0.15, 0.2) is 66.3 Å². The molecule has 0 bridgehead atoms. The molecule has 0 radical (unpaired) electrons. The molecule has 1 aromatic rings. The first-order chi connectivity index (χ1) is 10.2. The molecule has 1 nitrogen and oxygen atoms in total. The van der Waals surface area contributed by atoms with Crippen molar-refractivity contribution in [3.05, 3.63) is 71.8 Å². The normalized spacial score (nSPS) is 18.8. The van der Waals surface area contributed by atoms with Crippen molar-refractivity contribution in [2.75, 3.05) is 13.1 Å². The topological polar surface area (TPSA) is 3.24 Å². The smallest absolute Gasteiger partial charge is 0.0233 e. The fourth-order valence-electron chi connectivity index (χ4n) is 3.30. The average molecular weight is 281 g/mol. The van der Waals surface area contributed by atoms with Gasteiger partial charge in [-0.15, -0.1) is 0 Å². The molecule has 0 aliphatic carbocycles. The zero-order chi connectivity index (χ0) is 15.1. The first-order valence-electron chi connectivity index (χ1n) is 7.96. The highest BCUT2D eigenvalue weighted by atomic mass is 15.1. The molecule has 0 atom stereocenters. The Morgan fingerprint density at radius 2 is 1.90 bits per heavy atom. The van der Waals surface area contributed by atoms with Crippen molar-refractivity contribution < 1.29 is 0 Å². The fourth-order valence-corrected chi connectivity index (χ4v) is 3.30. The fraction of sp³-hybridized carbons (Fsp3) is 0.400. The molecule has 1 heterocycles. The van der Waals surface area contributed by atoms with E-state index in [2.05, 4.69) is 67.8 Å². The summed E-state index contributed by atoms with van der Waals surface area (Å²) in [5.74, 6) is 0.707. The molecule has 2 rings (SSSR count). The Hall–Kier alpha value is -1.60. The van der Waals surface area contributed by atoms with E-state index in [1.807, 2.05) is 6.08 Å². The van der Waals surface area contributed by atoms with Gasteiger partial charge in [-0.2, -0.15) is 0 Å². The lowest BCUT2D eigenvalue weighted by molar-refractivity contribution is 0.192. The van der Waals surface area contributed by atoms with Crippen LogP contribution in [-0.2, 0) is 6.54 Å². The van der Waals surface area contributed by atoms with Gasteiger partial charge in [0.15, 0.2) is 0 Å². The maximum Gasteiger partial charge on any atom is 0.0233 e. The molecule has 0 saturated carbocycles. The Morgan fingerprint density at radius 3 is 2.48 bits per heavy atom. The molecule has 21 heavy (non-hydrogen) atoms. The van der Waals surface area contributed by atoms with Crippen molar-refractivity contribution in [2.45, 2.75) is 33.2 Å². The van der Waals surface area contributed by atoms with E-state index < -0.39 is 0 Å². The average Bonchev–Trinajstić information content (AvgIpc) is 2.51. The third-order valence-electron chi connectivity index (χ3n) is 4.41. The van der Waals surface area contributed by atoms with E-state index in [1.165, 1.54) is 42.6 Å². The van der Waals surface area contributed by atoms with Crippen LogP contribution < -0.4 is 0 Å². The molecule has 0 amide bonds. The number of allylic oxidation sites excluding steroid dienone is 5. The van der Waals surface area contributed by atoms with Gasteiger partial charge in [0.25, 0.3) is 0 Å². The van der Waals surface area contributed by atoms with Gasteiger partial charge in [0.05, 0.1) is 0 Å². The van der Waals surface area contributed by atoms with Crippen LogP contribution in [0.4, 0.5) is 0 Å². The molecule has 1 aliphatic rings. The van der Waals surface area contributed by atoms with Crippen molar-refractivity contribution in [1.29, 1.82) is 0 Å². The number of hydrogen-bond acceptors (Lipinski definition) is 1. The largest absolute Gasteiger partial charge is 0.299 e. The van der Waals surface area contributed by atoms with Gasteiger partial charge < -0.3 is 0 Å². The van der Waals surface area contributed by atoms with E-state index in [9.17, 15) is 0 Å². The van der Waals surface area contributed by atoms with E-state index in [4.69, 9.17) is 0 Å². The lowest BCUT2D eigenvalue weighted by Crippen LogP contribution is -2.33. The Kier molecular flexibility index (Phi) is 6.01. The monoisotopic (exact) mass is 281 g/mol. The molecule has 112 valence electrons. The SMILES string of the molecule is C=C/C=C(C)\C(=C/C)C1CCN(Cc2ccccc2)CC1. The van der Waals surface area contributed by atoms with Gasteiger partial charge in [0.1, 0.15) is 0 Å². The Balaban J connectivity index is 1.91. The summed E-state index contributed by atoms with van der Waals surface area (Å²) in [4.78, 5) is 2.58. The Morgan fingerprint density at radius 1 is 1.24 bits per heavy atom. The van der Waals surface area contributed by atoms with E-state index in [0.29, 0.717) is 5.92 Å². The van der Waals surface area contributed by atoms with E-state index in [1.54, 1.807) is 0 Å². The van der Waals surface area contributed by atoms with Gasteiger partial charge in [-0.3, -0.25) is 4.90 Å². The molecule has 1 saturated heterocycles. The molecule has 0 spiro atoms. The molecule has 1 heteroatoms. The highest BCUT2D eigenvalue weighted by molar-refractivity contribution is 5.33. The van der Waals surface area contributed by atoms with E-state index in [0.717, 1.165) is 6.54 Å². The van der Waals surface area contributed by atoms with Crippen LogP contribution in [0.3, 0.4) is 0 Å². The molecule has 0 N–H and O–H groups in total. The highest BCUT2D eigenvalue weighted by Crippen LogP contribution is 2.29. The predicted molar refractivity (Wildman–Crippen MR) is 92.2 cm³/mol. The lowest BCUT2D eigenvalue weighted by atomic mass is 9.85. The number of piperidine rings is 1. The Bertz CT molecular complexity index is 502. The zero-order valence-corrected chi connectivity index (χ0v) is 13.4. The molecule has 0 aromatic heterocycles. The van der Waals surface area contributed by atoms with E-state index >= 15 is 0 Å². The number of hydrogen-bond donors (Lipinski definition) is 0. The van der Waals surface area contributed by atoms with E-state index in [-0.39, 0.29) is 0 Å². The number of rotatable bonds is 5. The van der Waals surface area contributed by atoms with Gasteiger partial charge in [0, 0.05) is 6.54 Å². The summed E-state index contributed by atoms with van der Waals surface area (Å²) in [7, 11) is 0. The summed E-state index contributed by atoms with van der Waals surface area (Å²) in [5, 5.41) is 0. The van der Waals surface area contributed by atoms with Crippen LogP contribution >= 0.6 is 0 Å². The minimum absolute atomic E-state index is 0.707. The van der Waals surface area contributed by atoms with Crippen molar-refractivity contribution in [3.63, 3.8) is 0 Å². The minimum atomic E-state index is 0.707. The van der Waals surface area contributed by atoms with Crippen LogP contribution in [0.1, 0.15) is 32.3 Å². The second-order valence-electron chi connectivity index (χ2n) is 5.87. The predicted octanol–water partition coefficient (Wildman–Crippen LogP) is 4.98. The first kappa shape index (κ1) is 15.8. The summed E-state index contributed by atoms with van der Waals surface area (Å²) < 4.78 is 0. The minimum Gasteiger partial charge on any atom is -0.299 e. The maximum absolute atomic E-state index is 3.81. The summed E-state index contributed by atoms with van der Waals surface area (Å²) in [5.41, 5.74) is 4.30. The quantitative estimate of drug-likeness (QED) is 0.688. The van der Waals surface area contributed by atoms with Crippen LogP contribution in [-0.4, -0.2) is 18.0 Å². The standard InChI is InChI=1S/C20H27N/c1-4-9-17(3)20(5-2)19-12-14-21(15-13-19)16-18-10-7-6-8-11-18/h4-11,19H,1,12-16H2,2-3H3/b17-9-,20-5+. The van der Waals surface area contributed by atoms with Crippen molar-refractivity contribution >= 4 is 0 Å². The summed E-state index contributed by atoms with van der Waals surface area (Å²) in [6, 6.07) is 10.8. The molecule has 1 aromatic carbocycles. The number of benzene rings is 1. The summed E-state index contributed by atoms with van der Waals surface area (Å²) in [6.45, 7) is 11.6. The summed E-state index contributed by atoms with van der Waals surface area (Å²) >= 11 is 0. The Labute approximate surface area is 129 Å². The van der Waals surface area contributed by atoms with Crippen molar-refractivity contribution in [3.8, 4) is 0 Å². The van der Waals surface area contributed by atoms with Crippen LogP contribution in [0.25, 0.3) is 0 Å². The zero-order valence-electron chi connectivity index (χ0n) is 13.4. The third-order valence-corrected chi connectivity index (χ3v) is 4.41. The van der Waals surface area contributed by atoms with Crippen LogP contribution in [0, 0.1) is 5.92 Å². The molecule has 1 fully saturated rings. The van der Waals surface area contributed by atoms with Crippen molar-refractivity contribution in [1.82, 2.24) is 4.90 Å². The van der Waals surface area contributed by atoms with Gasteiger partial charge in [-0.1, -0.05) is 55.1 Å².